The molecule has 6 nitrogen and oxygen atoms in total. The molecule has 0 aliphatic carbocycles. The lowest BCUT2D eigenvalue weighted by Gasteiger charge is -2.20. The number of anilines is 1. The van der Waals surface area contributed by atoms with E-state index >= 15 is 0 Å². The van der Waals surface area contributed by atoms with Crippen LogP contribution in [0.3, 0.4) is 0 Å². The van der Waals surface area contributed by atoms with Crippen LogP contribution in [0.25, 0.3) is 0 Å². The Balaban J connectivity index is 1.73. The topological polar surface area (TPSA) is 78.5 Å². The maximum absolute atomic E-state index is 13.9. The van der Waals surface area contributed by atoms with Gasteiger partial charge in [0.25, 0.3) is 15.9 Å². The molecule has 2 N–H and O–H groups in total. The summed E-state index contributed by atoms with van der Waals surface area (Å²) in [5.74, 6) is -1.08. The van der Waals surface area contributed by atoms with E-state index in [0.717, 1.165) is 30.8 Å². The van der Waals surface area contributed by atoms with E-state index in [2.05, 4.69) is 28.8 Å². The van der Waals surface area contributed by atoms with Crippen molar-refractivity contribution in [1.29, 1.82) is 0 Å². The van der Waals surface area contributed by atoms with Crippen LogP contribution in [0, 0.1) is 5.82 Å². The first kappa shape index (κ1) is 24.4. The largest absolute Gasteiger partial charge is 0.348 e. The molecule has 0 bridgehead atoms. The number of para-hydroxylation sites is 1. The number of rotatable bonds is 10. The van der Waals surface area contributed by atoms with Crippen molar-refractivity contribution in [3.05, 3.63) is 95.3 Å². The normalized spacial score (nSPS) is 11.4. The van der Waals surface area contributed by atoms with Gasteiger partial charge in [-0.15, -0.1) is 0 Å². The summed E-state index contributed by atoms with van der Waals surface area (Å²) < 4.78 is 41.5. The lowest BCUT2D eigenvalue weighted by Crippen LogP contribution is -2.26. The molecule has 0 atom stereocenters. The molecule has 8 heteroatoms. The van der Waals surface area contributed by atoms with E-state index in [1.165, 1.54) is 42.5 Å². The third kappa shape index (κ3) is 6.40. The van der Waals surface area contributed by atoms with Gasteiger partial charge in [-0.2, -0.15) is 0 Å². The molecule has 3 aromatic carbocycles. The summed E-state index contributed by atoms with van der Waals surface area (Å²) in [4.78, 5) is 14.9. The number of hydrogen-bond donors (Lipinski definition) is 2. The standard InChI is InChI=1S/C25H28FN3O3S/c1-3-29(4-2)18-21-11-6-5-10-20(21)17-27-25(30)19-12-9-13-22(16-19)33(31,32)28-24-15-8-7-14-23(24)26/h5-16,28H,3-4,17-18H2,1-2H3,(H,27,30). The molecule has 3 rings (SSSR count). The maximum Gasteiger partial charge on any atom is 0.262 e. The van der Waals surface area contributed by atoms with Crippen LogP contribution in [0.1, 0.15) is 35.3 Å². The Morgan fingerprint density at radius 2 is 1.58 bits per heavy atom. The van der Waals surface area contributed by atoms with Gasteiger partial charge in [0.2, 0.25) is 0 Å². The summed E-state index contributed by atoms with van der Waals surface area (Å²) in [5, 5.41) is 2.87. The van der Waals surface area contributed by atoms with Crippen LogP contribution in [0.2, 0.25) is 0 Å². The Hall–Kier alpha value is -3.23. The number of hydrogen-bond acceptors (Lipinski definition) is 4. The van der Waals surface area contributed by atoms with Gasteiger partial charge < -0.3 is 5.32 Å². The lowest BCUT2D eigenvalue weighted by molar-refractivity contribution is 0.0950. The zero-order chi connectivity index (χ0) is 23.8. The molecule has 33 heavy (non-hydrogen) atoms. The van der Waals surface area contributed by atoms with Crippen molar-refractivity contribution in [2.75, 3.05) is 17.8 Å². The molecule has 3 aromatic rings. The molecule has 0 aromatic heterocycles. The molecular formula is C25H28FN3O3S. The highest BCUT2D eigenvalue weighted by molar-refractivity contribution is 7.92. The smallest absolute Gasteiger partial charge is 0.262 e. The van der Waals surface area contributed by atoms with Gasteiger partial charge in [-0.3, -0.25) is 14.4 Å². The number of nitrogens with zero attached hydrogens (tertiary/aromatic N) is 1. The summed E-state index contributed by atoms with van der Waals surface area (Å²) in [5.41, 5.74) is 2.18. The summed E-state index contributed by atoms with van der Waals surface area (Å²) in [6.45, 7) is 7.18. The second kappa shape index (κ2) is 11.1. The van der Waals surface area contributed by atoms with Crippen molar-refractivity contribution in [3.63, 3.8) is 0 Å². The Morgan fingerprint density at radius 1 is 0.909 bits per heavy atom. The molecule has 174 valence electrons. The molecule has 0 spiro atoms. The average molecular weight is 470 g/mol. The third-order valence-corrected chi connectivity index (χ3v) is 6.73. The maximum atomic E-state index is 13.9. The SMILES string of the molecule is CCN(CC)Cc1ccccc1CNC(=O)c1cccc(S(=O)(=O)Nc2ccccc2F)c1. The van der Waals surface area contributed by atoms with Crippen LogP contribution >= 0.6 is 0 Å². The Labute approximate surface area is 194 Å². The third-order valence-electron chi connectivity index (χ3n) is 5.37. The fraction of sp³-hybridized carbons (Fsp3) is 0.240. The molecule has 1 amide bonds. The molecular weight excluding hydrogens is 441 g/mol. The van der Waals surface area contributed by atoms with Gasteiger partial charge in [0, 0.05) is 18.7 Å². The minimum absolute atomic E-state index is 0.125. The highest BCUT2D eigenvalue weighted by Crippen LogP contribution is 2.20. The Morgan fingerprint density at radius 3 is 2.27 bits per heavy atom. The number of halogens is 1. The fourth-order valence-corrected chi connectivity index (χ4v) is 4.51. The predicted molar refractivity (Wildman–Crippen MR) is 128 cm³/mol. The van der Waals surface area contributed by atoms with Crippen molar-refractivity contribution in [2.45, 2.75) is 31.8 Å². The van der Waals surface area contributed by atoms with Gasteiger partial charge >= 0.3 is 0 Å². The number of nitrogens with one attached hydrogen (secondary N) is 2. The summed E-state index contributed by atoms with van der Waals surface area (Å²) in [6.07, 6.45) is 0. The second-order valence-electron chi connectivity index (χ2n) is 7.53. The highest BCUT2D eigenvalue weighted by atomic mass is 32.2. The molecule has 0 saturated carbocycles. The first-order valence-electron chi connectivity index (χ1n) is 10.8. The van der Waals surface area contributed by atoms with Gasteiger partial charge in [0.15, 0.2) is 0 Å². The minimum atomic E-state index is -4.06. The van der Waals surface area contributed by atoms with Gasteiger partial charge in [0.1, 0.15) is 5.82 Å². The molecule has 0 heterocycles. The van der Waals surface area contributed by atoms with Crippen LogP contribution in [0.5, 0.6) is 0 Å². The van der Waals surface area contributed by atoms with Gasteiger partial charge in [-0.05, 0) is 54.5 Å². The lowest BCUT2D eigenvalue weighted by atomic mass is 10.1. The quantitative estimate of drug-likeness (QED) is 0.461. The van der Waals surface area contributed by atoms with Crippen molar-refractivity contribution >= 4 is 21.6 Å². The van der Waals surface area contributed by atoms with Crippen LogP contribution in [0.15, 0.2) is 77.7 Å². The van der Waals surface area contributed by atoms with Crippen molar-refractivity contribution < 1.29 is 17.6 Å². The van der Waals surface area contributed by atoms with E-state index in [4.69, 9.17) is 0 Å². The number of sulfonamides is 1. The van der Waals surface area contributed by atoms with Crippen LogP contribution in [0.4, 0.5) is 10.1 Å². The number of carbonyl (C=O) groups excluding carboxylic acids is 1. The summed E-state index contributed by atoms with van der Waals surface area (Å²) in [6, 6.07) is 19.1. The summed E-state index contributed by atoms with van der Waals surface area (Å²) >= 11 is 0. The van der Waals surface area contributed by atoms with Crippen LogP contribution < -0.4 is 10.0 Å². The minimum Gasteiger partial charge on any atom is -0.348 e. The fourth-order valence-electron chi connectivity index (χ4n) is 3.40. The first-order valence-corrected chi connectivity index (χ1v) is 12.3. The van der Waals surface area contributed by atoms with E-state index < -0.39 is 21.7 Å². The highest BCUT2D eigenvalue weighted by Gasteiger charge is 2.18. The second-order valence-corrected chi connectivity index (χ2v) is 9.21. The van der Waals surface area contributed by atoms with Gasteiger partial charge in [-0.1, -0.05) is 56.3 Å². The van der Waals surface area contributed by atoms with Gasteiger partial charge in [0.05, 0.1) is 10.6 Å². The number of carbonyl (C=O) groups is 1. The van der Waals surface area contributed by atoms with E-state index in [9.17, 15) is 17.6 Å². The molecule has 0 aliphatic heterocycles. The van der Waals surface area contributed by atoms with E-state index in [-0.39, 0.29) is 16.1 Å². The van der Waals surface area contributed by atoms with Crippen molar-refractivity contribution in [3.8, 4) is 0 Å². The van der Waals surface area contributed by atoms with Crippen molar-refractivity contribution in [2.24, 2.45) is 0 Å². The molecule has 0 unspecified atom stereocenters. The Bertz CT molecular complexity index is 1210. The zero-order valence-corrected chi connectivity index (χ0v) is 19.5. The van der Waals surface area contributed by atoms with Crippen molar-refractivity contribution in [1.82, 2.24) is 10.2 Å². The van der Waals surface area contributed by atoms with Crippen LogP contribution in [-0.4, -0.2) is 32.3 Å². The summed E-state index contributed by atoms with van der Waals surface area (Å²) in [7, 11) is -4.06. The number of benzene rings is 3. The number of amides is 1. The van der Waals surface area contributed by atoms with Gasteiger partial charge in [-0.25, -0.2) is 12.8 Å². The van der Waals surface area contributed by atoms with E-state index in [0.29, 0.717) is 6.54 Å². The van der Waals surface area contributed by atoms with E-state index in [1.807, 2.05) is 24.3 Å². The van der Waals surface area contributed by atoms with Crippen LogP contribution in [-0.2, 0) is 23.1 Å². The molecule has 0 fully saturated rings. The first-order chi connectivity index (χ1) is 15.8. The zero-order valence-electron chi connectivity index (χ0n) is 18.7. The monoisotopic (exact) mass is 469 g/mol. The molecule has 0 radical (unpaired) electrons. The molecule has 0 aliphatic rings. The van der Waals surface area contributed by atoms with E-state index in [1.54, 1.807) is 6.07 Å². The molecule has 0 saturated heterocycles. The predicted octanol–water partition coefficient (Wildman–Crippen LogP) is 4.40. The average Bonchev–Trinajstić information content (AvgIpc) is 2.83. The Kier molecular flexibility index (Phi) is 8.19.